The van der Waals surface area contributed by atoms with E-state index in [9.17, 15) is 9.59 Å². The van der Waals surface area contributed by atoms with Crippen molar-refractivity contribution in [2.45, 2.75) is 11.3 Å². The van der Waals surface area contributed by atoms with Crippen molar-refractivity contribution in [2.75, 3.05) is 23.5 Å². The van der Waals surface area contributed by atoms with E-state index >= 15 is 0 Å². The lowest BCUT2D eigenvalue weighted by atomic mass is 10.1. The molecule has 0 radical (unpaired) electrons. The number of carbonyl (C=O) groups excluding carboxylic acids is 2. The second kappa shape index (κ2) is 7.40. The minimum Gasteiger partial charge on any atom is -0.491 e. The highest BCUT2D eigenvalue weighted by Gasteiger charge is 2.26. The van der Waals surface area contributed by atoms with Gasteiger partial charge in [0.15, 0.2) is 0 Å². The van der Waals surface area contributed by atoms with Gasteiger partial charge >= 0.3 is 0 Å². The number of thioether (sulfide) groups is 1. The minimum absolute atomic E-state index is 0.0727. The molecule has 0 aliphatic carbocycles. The molecule has 1 aliphatic heterocycles. The van der Waals surface area contributed by atoms with Crippen LogP contribution in [-0.4, -0.2) is 24.7 Å². The Labute approximate surface area is 144 Å². The number of para-hydroxylation sites is 2. The topological polar surface area (TPSA) is 67.4 Å². The van der Waals surface area contributed by atoms with Crippen LogP contribution in [0.2, 0.25) is 0 Å². The van der Waals surface area contributed by atoms with Gasteiger partial charge in [-0.2, -0.15) is 0 Å². The van der Waals surface area contributed by atoms with Gasteiger partial charge in [0.05, 0.1) is 11.6 Å². The first kappa shape index (κ1) is 16.4. The van der Waals surface area contributed by atoms with Crippen LogP contribution in [0, 0.1) is 5.92 Å². The van der Waals surface area contributed by atoms with Gasteiger partial charge in [0, 0.05) is 17.0 Å². The number of amides is 2. The lowest BCUT2D eigenvalue weighted by Crippen LogP contribution is -2.29. The third kappa shape index (κ3) is 3.89. The van der Waals surface area contributed by atoms with Crippen molar-refractivity contribution in [3.05, 3.63) is 48.5 Å². The largest absolute Gasteiger partial charge is 0.491 e. The summed E-state index contributed by atoms with van der Waals surface area (Å²) in [5.41, 5.74) is 1.36. The monoisotopic (exact) mass is 342 g/mol. The molecule has 0 spiro atoms. The Morgan fingerprint density at radius 2 is 2.12 bits per heavy atom. The van der Waals surface area contributed by atoms with Gasteiger partial charge in [-0.3, -0.25) is 9.59 Å². The van der Waals surface area contributed by atoms with E-state index in [1.807, 2.05) is 42.7 Å². The van der Waals surface area contributed by atoms with E-state index in [1.165, 1.54) is 0 Å². The quantitative estimate of drug-likeness (QED) is 0.836. The zero-order valence-electron chi connectivity index (χ0n) is 13.2. The van der Waals surface area contributed by atoms with Gasteiger partial charge in [0.1, 0.15) is 12.4 Å². The molecule has 0 saturated carbocycles. The first-order valence-electron chi connectivity index (χ1n) is 7.62. The number of carbonyl (C=O) groups is 2. The number of anilines is 2. The van der Waals surface area contributed by atoms with Crippen LogP contribution in [-0.2, 0) is 9.59 Å². The summed E-state index contributed by atoms with van der Waals surface area (Å²) >= 11 is 1.61. The van der Waals surface area contributed by atoms with Crippen LogP contribution in [0.1, 0.15) is 6.42 Å². The average Bonchev–Trinajstić information content (AvgIpc) is 2.74. The summed E-state index contributed by atoms with van der Waals surface area (Å²) in [6, 6.07) is 14.9. The summed E-state index contributed by atoms with van der Waals surface area (Å²) in [6.07, 6.45) is 2.05. The zero-order valence-corrected chi connectivity index (χ0v) is 14.1. The fourth-order valence-electron chi connectivity index (χ4n) is 2.48. The van der Waals surface area contributed by atoms with Crippen molar-refractivity contribution >= 4 is 35.0 Å². The van der Waals surface area contributed by atoms with E-state index in [2.05, 4.69) is 10.6 Å². The smallest absolute Gasteiger partial charge is 0.231 e. The Hall–Kier alpha value is -2.47. The molecule has 0 bridgehead atoms. The van der Waals surface area contributed by atoms with Gasteiger partial charge in [-0.25, -0.2) is 0 Å². The van der Waals surface area contributed by atoms with E-state index in [0.29, 0.717) is 11.4 Å². The van der Waals surface area contributed by atoms with Crippen molar-refractivity contribution in [2.24, 2.45) is 5.92 Å². The highest BCUT2D eigenvalue weighted by Crippen LogP contribution is 2.28. The van der Waals surface area contributed by atoms with Crippen LogP contribution in [0.15, 0.2) is 53.4 Å². The summed E-state index contributed by atoms with van der Waals surface area (Å²) in [6.45, 7) is 0.182. The van der Waals surface area contributed by atoms with Crippen molar-refractivity contribution in [1.29, 1.82) is 0 Å². The van der Waals surface area contributed by atoms with Crippen molar-refractivity contribution in [3.8, 4) is 5.75 Å². The van der Waals surface area contributed by atoms with Crippen LogP contribution in [0.4, 0.5) is 11.4 Å². The van der Waals surface area contributed by atoms with Gasteiger partial charge in [0.25, 0.3) is 0 Å². The maximum absolute atomic E-state index is 12.3. The summed E-state index contributed by atoms with van der Waals surface area (Å²) in [4.78, 5) is 25.6. The molecule has 5 nitrogen and oxygen atoms in total. The minimum atomic E-state index is -0.527. The zero-order chi connectivity index (χ0) is 16.9. The predicted molar refractivity (Wildman–Crippen MR) is 95.5 cm³/mol. The highest BCUT2D eigenvalue weighted by atomic mass is 32.2. The number of benzene rings is 2. The van der Waals surface area contributed by atoms with Crippen molar-refractivity contribution in [1.82, 2.24) is 0 Å². The Kier molecular flexibility index (Phi) is 5.05. The average molecular weight is 342 g/mol. The summed E-state index contributed by atoms with van der Waals surface area (Å²) in [5.74, 6) is -0.307. The van der Waals surface area contributed by atoms with Gasteiger partial charge in [-0.1, -0.05) is 18.2 Å². The predicted octanol–water partition coefficient (Wildman–Crippen LogP) is 3.38. The Balaban J connectivity index is 1.63. The molecule has 2 aromatic rings. The second-order valence-corrected chi connectivity index (χ2v) is 6.36. The third-order valence-corrected chi connectivity index (χ3v) is 4.47. The van der Waals surface area contributed by atoms with Gasteiger partial charge in [-0.05, 0) is 36.6 Å². The maximum atomic E-state index is 12.3. The molecule has 0 aromatic heterocycles. The molecule has 24 heavy (non-hydrogen) atoms. The molecule has 2 aromatic carbocycles. The van der Waals surface area contributed by atoms with E-state index < -0.39 is 5.92 Å². The standard InChI is InChI=1S/C18H18N2O3S/c1-24-14-6-4-5-13(10-14)19-17(21)9-12-11-23-16-8-3-2-7-15(16)20-18(12)22/h2-8,10,12H,9,11H2,1H3,(H,19,21)(H,20,22)/t12-/m0/s1. The molecule has 1 heterocycles. The lowest BCUT2D eigenvalue weighted by molar-refractivity contribution is -0.125. The molecule has 6 heteroatoms. The van der Waals surface area contributed by atoms with E-state index in [0.717, 1.165) is 10.6 Å². The van der Waals surface area contributed by atoms with Crippen molar-refractivity contribution < 1.29 is 14.3 Å². The van der Waals surface area contributed by atoms with Crippen LogP contribution >= 0.6 is 11.8 Å². The Morgan fingerprint density at radius 3 is 2.96 bits per heavy atom. The van der Waals surface area contributed by atoms with Crippen LogP contribution in [0.5, 0.6) is 5.75 Å². The Bertz CT molecular complexity index is 763. The maximum Gasteiger partial charge on any atom is 0.231 e. The highest BCUT2D eigenvalue weighted by molar-refractivity contribution is 7.98. The fourth-order valence-corrected chi connectivity index (χ4v) is 2.94. The normalized spacial score (nSPS) is 16.4. The molecule has 2 N–H and O–H groups in total. The molecular weight excluding hydrogens is 324 g/mol. The number of nitrogens with one attached hydrogen (secondary N) is 2. The SMILES string of the molecule is CSc1cccc(NC(=O)C[C@H]2COc3ccccc3NC2=O)c1. The summed E-state index contributed by atoms with van der Waals surface area (Å²) in [7, 11) is 0. The first-order chi connectivity index (χ1) is 11.7. The number of hydrogen-bond acceptors (Lipinski definition) is 4. The van der Waals surface area contributed by atoms with E-state index in [4.69, 9.17) is 4.74 Å². The van der Waals surface area contributed by atoms with Crippen LogP contribution < -0.4 is 15.4 Å². The Morgan fingerprint density at radius 1 is 1.29 bits per heavy atom. The molecule has 124 valence electrons. The van der Waals surface area contributed by atoms with Gasteiger partial charge < -0.3 is 15.4 Å². The van der Waals surface area contributed by atoms with E-state index in [-0.39, 0.29) is 24.8 Å². The molecule has 3 rings (SSSR count). The van der Waals surface area contributed by atoms with E-state index in [1.54, 1.807) is 23.9 Å². The number of rotatable bonds is 4. The number of hydrogen-bond donors (Lipinski definition) is 2. The number of fused-ring (bicyclic) bond motifs is 1. The van der Waals surface area contributed by atoms with Crippen LogP contribution in [0.25, 0.3) is 0 Å². The molecule has 2 amide bonds. The lowest BCUT2D eigenvalue weighted by Gasteiger charge is -2.13. The van der Waals surface area contributed by atoms with Gasteiger partial charge in [0.2, 0.25) is 11.8 Å². The summed E-state index contributed by atoms with van der Waals surface area (Å²) in [5, 5.41) is 5.65. The first-order valence-corrected chi connectivity index (χ1v) is 8.85. The molecule has 0 unspecified atom stereocenters. The molecule has 1 atom stereocenters. The third-order valence-electron chi connectivity index (χ3n) is 3.74. The molecule has 0 fully saturated rings. The molecular formula is C18H18N2O3S. The van der Waals surface area contributed by atoms with Crippen molar-refractivity contribution in [3.63, 3.8) is 0 Å². The van der Waals surface area contributed by atoms with Gasteiger partial charge in [-0.15, -0.1) is 11.8 Å². The fraction of sp³-hybridized carbons (Fsp3) is 0.222. The summed E-state index contributed by atoms with van der Waals surface area (Å²) < 4.78 is 5.65. The second-order valence-electron chi connectivity index (χ2n) is 5.48. The van der Waals surface area contributed by atoms with Crippen LogP contribution in [0.3, 0.4) is 0 Å². The number of ether oxygens (including phenoxy) is 1. The molecule has 1 aliphatic rings. The molecule has 0 saturated heterocycles.